The van der Waals surface area contributed by atoms with Crippen molar-refractivity contribution in [1.82, 2.24) is 4.72 Å². The summed E-state index contributed by atoms with van der Waals surface area (Å²) in [7, 11) is -4.03. The highest BCUT2D eigenvalue weighted by atomic mass is 35.5. The van der Waals surface area contributed by atoms with Crippen molar-refractivity contribution < 1.29 is 21.6 Å². The third-order valence-electron chi connectivity index (χ3n) is 2.98. The maximum Gasteiger partial charge on any atom is 0.416 e. The van der Waals surface area contributed by atoms with Crippen LogP contribution in [0.4, 0.5) is 13.2 Å². The summed E-state index contributed by atoms with van der Waals surface area (Å²) in [6.07, 6.45) is -4.59. The van der Waals surface area contributed by atoms with Crippen LogP contribution in [0.3, 0.4) is 0 Å². The summed E-state index contributed by atoms with van der Waals surface area (Å²) in [5.41, 5.74) is -1.77. The number of halogens is 4. The van der Waals surface area contributed by atoms with Crippen molar-refractivity contribution in [1.29, 1.82) is 0 Å². The van der Waals surface area contributed by atoms with Crippen LogP contribution in [0.15, 0.2) is 23.1 Å². The van der Waals surface area contributed by atoms with Crippen LogP contribution in [0.5, 0.6) is 0 Å². The molecule has 1 N–H and O–H groups in total. The summed E-state index contributed by atoms with van der Waals surface area (Å²) in [6.45, 7) is 4.68. The van der Waals surface area contributed by atoms with Gasteiger partial charge in [-0.05, 0) is 30.0 Å². The fraction of sp³-hybridized carbons (Fsp3) is 0.538. The van der Waals surface area contributed by atoms with Crippen LogP contribution in [0.2, 0.25) is 0 Å². The standard InChI is InChI=1S/C13H17ClF3NO2S/c1-9-10(13(15,16)17)5-4-6-11(9)21(19,20)18-8-12(2,3)7-14/h4-6,18H,7-8H2,1-3H3. The van der Waals surface area contributed by atoms with E-state index >= 15 is 0 Å². The monoisotopic (exact) mass is 343 g/mol. The molecule has 0 bridgehead atoms. The van der Waals surface area contributed by atoms with Gasteiger partial charge in [-0.3, -0.25) is 0 Å². The summed E-state index contributed by atoms with van der Waals surface area (Å²) < 4.78 is 65.1. The predicted octanol–water partition coefficient (Wildman–Crippen LogP) is 3.56. The fourth-order valence-electron chi connectivity index (χ4n) is 1.63. The van der Waals surface area contributed by atoms with Gasteiger partial charge in [0.15, 0.2) is 0 Å². The van der Waals surface area contributed by atoms with Gasteiger partial charge in [-0.15, -0.1) is 11.6 Å². The number of rotatable bonds is 5. The van der Waals surface area contributed by atoms with Crippen molar-refractivity contribution in [2.45, 2.75) is 31.8 Å². The van der Waals surface area contributed by atoms with E-state index in [2.05, 4.69) is 4.72 Å². The molecule has 0 aromatic heterocycles. The van der Waals surface area contributed by atoms with Gasteiger partial charge in [0, 0.05) is 12.4 Å². The van der Waals surface area contributed by atoms with Gasteiger partial charge in [-0.25, -0.2) is 13.1 Å². The summed E-state index contributed by atoms with van der Waals surface area (Å²) in [5.74, 6) is 0.219. The zero-order valence-corrected chi connectivity index (χ0v) is 13.5. The number of nitrogens with one attached hydrogen (secondary N) is 1. The van der Waals surface area contributed by atoms with Gasteiger partial charge in [0.05, 0.1) is 10.5 Å². The van der Waals surface area contributed by atoms with E-state index in [1.165, 1.54) is 0 Å². The first-order chi connectivity index (χ1) is 9.41. The van der Waals surface area contributed by atoms with Gasteiger partial charge >= 0.3 is 6.18 Å². The minimum Gasteiger partial charge on any atom is -0.211 e. The maximum atomic E-state index is 12.8. The molecule has 0 fully saturated rings. The van der Waals surface area contributed by atoms with Gasteiger partial charge in [-0.1, -0.05) is 19.9 Å². The number of alkyl halides is 4. The van der Waals surface area contributed by atoms with E-state index in [0.717, 1.165) is 25.1 Å². The molecule has 0 aliphatic rings. The quantitative estimate of drug-likeness (QED) is 0.831. The van der Waals surface area contributed by atoms with Crippen molar-refractivity contribution >= 4 is 21.6 Å². The van der Waals surface area contributed by atoms with Gasteiger partial charge in [0.25, 0.3) is 0 Å². The molecule has 0 radical (unpaired) electrons. The van der Waals surface area contributed by atoms with Crippen molar-refractivity contribution in [3.05, 3.63) is 29.3 Å². The molecule has 21 heavy (non-hydrogen) atoms. The number of sulfonamides is 1. The molecular formula is C13H17ClF3NO2S. The highest BCUT2D eigenvalue weighted by Gasteiger charge is 2.34. The third kappa shape index (κ3) is 4.59. The Morgan fingerprint density at radius 1 is 1.24 bits per heavy atom. The molecule has 0 saturated carbocycles. The van der Waals surface area contributed by atoms with Crippen molar-refractivity contribution in [3.63, 3.8) is 0 Å². The van der Waals surface area contributed by atoms with Crippen molar-refractivity contribution in [2.24, 2.45) is 5.41 Å². The average Bonchev–Trinajstić information content (AvgIpc) is 2.35. The second-order valence-corrected chi connectivity index (χ2v) is 7.55. The second-order valence-electron chi connectivity index (χ2n) is 5.55. The minimum absolute atomic E-state index is 0.0362. The summed E-state index contributed by atoms with van der Waals surface area (Å²) >= 11 is 5.70. The SMILES string of the molecule is Cc1c(C(F)(F)F)cccc1S(=O)(=O)NCC(C)(C)CCl. The number of benzene rings is 1. The van der Waals surface area contributed by atoms with Crippen LogP contribution < -0.4 is 4.72 Å². The smallest absolute Gasteiger partial charge is 0.211 e. The Morgan fingerprint density at radius 3 is 2.29 bits per heavy atom. The molecule has 0 aliphatic carbocycles. The number of hydrogen-bond donors (Lipinski definition) is 1. The van der Waals surface area contributed by atoms with E-state index in [9.17, 15) is 21.6 Å². The van der Waals surface area contributed by atoms with Crippen LogP contribution in [0.1, 0.15) is 25.0 Å². The lowest BCUT2D eigenvalue weighted by Crippen LogP contribution is -2.35. The highest BCUT2D eigenvalue weighted by Crippen LogP contribution is 2.34. The molecule has 1 rings (SSSR count). The molecule has 1 aromatic rings. The van der Waals surface area contributed by atoms with Crippen LogP contribution in [0.25, 0.3) is 0 Å². The Balaban J connectivity index is 3.16. The van der Waals surface area contributed by atoms with Crippen LogP contribution in [-0.2, 0) is 16.2 Å². The second kappa shape index (κ2) is 6.14. The lowest BCUT2D eigenvalue weighted by molar-refractivity contribution is -0.138. The normalized spacial score (nSPS) is 13.5. The zero-order chi connectivity index (χ0) is 16.5. The Labute approximate surface area is 127 Å². The Hall–Kier alpha value is -0.790. The van der Waals surface area contributed by atoms with E-state index in [1.54, 1.807) is 13.8 Å². The van der Waals surface area contributed by atoms with Gasteiger partial charge in [0.1, 0.15) is 0 Å². The van der Waals surface area contributed by atoms with Gasteiger partial charge < -0.3 is 0 Å². The highest BCUT2D eigenvalue weighted by molar-refractivity contribution is 7.89. The van der Waals surface area contributed by atoms with E-state index in [4.69, 9.17) is 11.6 Å². The predicted molar refractivity (Wildman–Crippen MR) is 75.9 cm³/mol. The molecule has 120 valence electrons. The molecule has 0 saturated heterocycles. The van der Waals surface area contributed by atoms with Gasteiger partial charge in [-0.2, -0.15) is 13.2 Å². The molecule has 0 aliphatic heterocycles. The van der Waals surface area contributed by atoms with Crippen molar-refractivity contribution in [2.75, 3.05) is 12.4 Å². The molecule has 3 nitrogen and oxygen atoms in total. The molecule has 0 spiro atoms. The first kappa shape index (κ1) is 18.3. The summed E-state index contributed by atoms with van der Waals surface area (Å²) in [5, 5.41) is 0. The summed E-state index contributed by atoms with van der Waals surface area (Å²) in [6, 6.07) is 3.09. The summed E-state index contributed by atoms with van der Waals surface area (Å²) in [4.78, 5) is -0.373. The molecule has 0 amide bonds. The van der Waals surface area contributed by atoms with E-state index in [-0.39, 0.29) is 22.9 Å². The number of hydrogen-bond acceptors (Lipinski definition) is 2. The molecular weight excluding hydrogens is 327 g/mol. The van der Waals surface area contributed by atoms with Crippen LogP contribution >= 0.6 is 11.6 Å². The van der Waals surface area contributed by atoms with E-state index in [1.807, 2.05) is 0 Å². The molecule has 1 aromatic carbocycles. The molecule has 8 heteroatoms. The maximum absolute atomic E-state index is 12.8. The van der Waals surface area contributed by atoms with Crippen LogP contribution in [-0.4, -0.2) is 20.8 Å². The van der Waals surface area contributed by atoms with Crippen LogP contribution in [0, 0.1) is 12.3 Å². The zero-order valence-electron chi connectivity index (χ0n) is 11.9. The molecule has 0 atom stereocenters. The van der Waals surface area contributed by atoms with E-state index in [0.29, 0.717) is 0 Å². The van der Waals surface area contributed by atoms with Crippen molar-refractivity contribution in [3.8, 4) is 0 Å². The lowest BCUT2D eigenvalue weighted by atomic mass is 9.97. The average molecular weight is 344 g/mol. The Kier molecular flexibility index (Phi) is 5.34. The van der Waals surface area contributed by atoms with Gasteiger partial charge in [0.2, 0.25) is 10.0 Å². The first-order valence-electron chi connectivity index (χ1n) is 6.13. The molecule has 0 unspecified atom stereocenters. The fourth-order valence-corrected chi connectivity index (χ4v) is 3.23. The largest absolute Gasteiger partial charge is 0.416 e. The third-order valence-corrected chi connectivity index (χ3v) is 5.25. The topological polar surface area (TPSA) is 46.2 Å². The van der Waals surface area contributed by atoms with E-state index < -0.39 is 27.2 Å². The lowest BCUT2D eigenvalue weighted by Gasteiger charge is -2.22. The first-order valence-corrected chi connectivity index (χ1v) is 8.15. The molecule has 0 heterocycles. The minimum atomic E-state index is -4.59. The Bertz CT molecular complexity index is 612. The Morgan fingerprint density at radius 2 is 1.81 bits per heavy atom.